The van der Waals surface area contributed by atoms with Gasteiger partial charge in [0.15, 0.2) is 11.5 Å². The van der Waals surface area contributed by atoms with Crippen LogP contribution >= 0.6 is 11.8 Å². The van der Waals surface area contributed by atoms with Gasteiger partial charge in [0, 0.05) is 5.56 Å². The molecule has 0 atom stereocenters. The number of imide groups is 1. The largest absolute Gasteiger partial charge is 0.507 e. The topological polar surface area (TPSA) is 76.1 Å². The van der Waals surface area contributed by atoms with Gasteiger partial charge in [-0.25, -0.2) is 0 Å². The minimum Gasteiger partial charge on any atom is -0.507 e. The summed E-state index contributed by atoms with van der Waals surface area (Å²) in [5.41, 5.74) is 1.45. The predicted molar refractivity (Wildman–Crippen MR) is 104 cm³/mol. The van der Waals surface area contributed by atoms with Gasteiger partial charge in [-0.1, -0.05) is 23.8 Å². The highest BCUT2D eigenvalue weighted by Crippen LogP contribution is 2.34. The number of hydrogen-bond acceptors (Lipinski definition) is 6. The number of thioether (sulfide) groups is 1. The SMILES string of the molecule is COc1ccccc1OCCN1C(=O)S/C(=C\c2cc(C)ccc2O)C1=O. The number of methoxy groups -OCH3 is 1. The quantitative estimate of drug-likeness (QED) is 0.762. The van der Waals surface area contributed by atoms with Crippen molar-refractivity contribution in [3.05, 3.63) is 58.5 Å². The molecule has 1 N–H and O–H groups in total. The van der Waals surface area contributed by atoms with E-state index in [4.69, 9.17) is 9.47 Å². The third-order valence-electron chi connectivity index (χ3n) is 3.98. The molecule has 0 spiro atoms. The first kappa shape index (κ1) is 18.8. The van der Waals surface area contributed by atoms with Gasteiger partial charge < -0.3 is 14.6 Å². The van der Waals surface area contributed by atoms with Gasteiger partial charge in [0.2, 0.25) is 0 Å². The molecule has 27 heavy (non-hydrogen) atoms. The Bertz CT molecular complexity index is 909. The van der Waals surface area contributed by atoms with Crippen LogP contribution in [0.5, 0.6) is 17.2 Å². The fourth-order valence-electron chi connectivity index (χ4n) is 2.61. The Balaban J connectivity index is 1.67. The van der Waals surface area contributed by atoms with Crippen LogP contribution in [0.1, 0.15) is 11.1 Å². The summed E-state index contributed by atoms with van der Waals surface area (Å²) in [6, 6.07) is 12.3. The second-order valence-electron chi connectivity index (χ2n) is 5.89. The minimum absolute atomic E-state index is 0.0619. The Morgan fingerprint density at radius 3 is 2.63 bits per heavy atom. The highest BCUT2D eigenvalue weighted by Gasteiger charge is 2.35. The number of aromatic hydroxyl groups is 1. The number of carbonyl (C=O) groups excluding carboxylic acids is 2. The summed E-state index contributed by atoms with van der Waals surface area (Å²) < 4.78 is 10.8. The van der Waals surface area contributed by atoms with Gasteiger partial charge in [0.1, 0.15) is 12.4 Å². The van der Waals surface area contributed by atoms with E-state index in [-0.39, 0.29) is 29.0 Å². The molecule has 2 aromatic carbocycles. The number of benzene rings is 2. The van der Waals surface area contributed by atoms with Crippen LogP contribution in [0.4, 0.5) is 4.79 Å². The Morgan fingerprint density at radius 1 is 1.15 bits per heavy atom. The molecule has 7 heteroatoms. The number of aryl methyl sites for hydroxylation is 1. The molecule has 1 fully saturated rings. The third kappa shape index (κ3) is 4.25. The number of hydrogen-bond donors (Lipinski definition) is 1. The van der Waals surface area contributed by atoms with Crippen LogP contribution in [0.25, 0.3) is 6.08 Å². The van der Waals surface area contributed by atoms with Gasteiger partial charge in [-0.05, 0) is 49.0 Å². The normalized spacial score (nSPS) is 15.5. The molecule has 0 unspecified atom stereocenters. The Morgan fingerprint density at radius 2 is 1.89 bits per heavy atom. The first-order valence-electron chi connectivity index (χ1n) is 8.30. The lowest BCUT2D eigenvalue weighted by atomic mass is 10.1. The lowest BCUT2D eigenvalue weighted by Gasteiger charge is -2.14. The average Bonchev–Trinajstić information content (AvgIpc) is 2.92. The number of ether oxygens (including phenoxy) is 2. The summed E-state index contributed by atoms with van der Waals surface area (Å²) in [7, 11) is 1.55. The van der Waals surface area contributed by atoms with Gasteiger partial charge in [0.25, 0.3) is 11.1 Å². The molecule has 0 bridgehead atoms. The van der Waals surface area contributed by atoms with E-state index in [9.17, 15) is 14.7 Å². The van der Waals surface area contributed by atoms with E-state index in [1.807, 2.05) is 19.1 Å². The first-order chi connectivity index (χ1) is 13.0. The molecule has 1 heterocycles. The number of para-hydroxylation sites is 2. The van der Waals surface area contributed by atoms with Crippen LogP contribution < -0.4 is 9.47 Å². The van der Waals surface area contributed by atoms with Crippen molar-refractivity contribution < 1.29 is 24.2 Å². The van der Waals surface area contributed by atoms with E-state index in [0.29, 0.717) is 17.1 Å². The molecule has 1 saturated heterocycles. The van der Waals surface area contributed by atoms with E-state index >= 15 is 0 Å². The highest BCUT2D eigenvalue weighted by atomic mass is 32.2. The third-order valence-corrected chi connectivity index (χ3v) is 4.89. The van der Waals surface area contributed by atoms with Crippen LogP contribution in [0.3, 0.4) is 0 Å². The van der Waals surface area contributed by atoms with Crippen LogP contribution in [0, 0.1) is 6.92 Å². The number of amides is 2. The van der Waals surface area contributed by atoms with Crippen molar-refractivity contribution in [2.75, 3.05) is 20.3 Å². The lowest BCUT2D eigenvalue weighted by Crippen LogP contribution is -2.32. The van der Waals surface area contributed by atoms with Crippen molar-refractivity contribution in [1.29, 1.82) is 0 Å². The number of phenols is 1. The zero-order valence-corrected chi connectivity index (χ0v) is 15.8. The Kier molecular flexibility index (Phi) is 5.71. The predicted octanol–water partition coefficient (Wildman–Crippen LogP) is 3.82. The van der Waals surface area contributed by atoms with Crippen LogP contribution in [0.15, 0.2) is 47.4 Å². The maximum atomic E-state index is 12.5. The maximum Gasteiger partial charge on any atom is 0.293 e. The first-order valence-corrected chi connectivity index (χ1v) is 9.12. The maximum absolute atomic E-state index is 12.5. The Hall–Kier alpha value is -2.93. The van der Waals surface area contributed by atoms with Crippen molar-refractivity contribution in [3.8, 4) is 17.2 Å². The molecule has 0 saturated carbocycles. The van der Waals surface area contributed by atoms with Gasteiger partial charge in [-0.3, -0.25) is 14.5 Å². The minimum atomic E-state index is -0.394. The molecular formula is C20H19NO5S. The molecule has 140 valence electrons. The second kappa shape index (κ2) is 8.18. The number of carbonyl (C=O) groups is 2. The summed E-state index contributed by atoms with van der Waals surface area (Å²) in [5, 5.41) is 9.58. The zero-order chi connectivity index (χ0) is 19.4. The van der Waals surface area contributed by atoms with Crippen LogP contribution in [-0.4, -0.2) is 41.4 Å². The fourth-order valence-corrected chi connectivity index (χ4v) is 3.46. The summed E-state index contributed by atoms with van der Waals surface area (Å²) in [6.45, 7) is 2.17. The average molecular weight is 385 g/mol. The molecule has 6 nitrogen and oxygen atoms in total. The van der Waals surface area contributed by atoms with E-state index in [1.54, 1.807) is 37.4 Å². The molecule has 1 aliphatic rings. The van der Waals surface area contributed by atoms with E-state index in [0.717, 1.165) is 22.2 Å². The molecule has 2 aromatic rings. The molecule has 0 radical (unpaired) electrons. The van der Waals surface area contributed by atoms with Gasteiger partial charge in [-0.2, -0.15) is 0 Å². The summed E-state index contributed by atoms with van der Waals surface area (Å²) in [4.78, 5) is 26.1. The summed E-state index contributed by atoms with van der Waals surface area (Å²) >= 11 is 0.852. The van der Waals surface area contributed by atoms with Crippen molar-refractivity contribution in [2.45, 2.75) is 6.92 Å². The van der Waals surface area contributed by atoms with E-state index in [2.05, 4.69) is 0 Å². The Labute approximate surface area is 161 Å². The lowest BCUT2D eigenvalue weighted by molar-refractivity contribution is -0.123. The standard InChI is InChI=1S/C20H19NO5S/c1-13-7-8-15(22)14(11-13)12-18-19(23)21(20(24)27-18)9-10-26-17-6-4-3-5-16(17)25-2/h3-8,11-12,22H,9-10H2,1-2H3/b18-12-. The van der Waals surface area contributed by atoms with E-state index in [1.165, 1.54) is 6.08 Å². The van der Waals surface area contributed by atoms with Crippen LogP contribution in [-0.2, 0) is 4.79 Å². The van der Waals surface area contributed by atoms with Crippen molar-refractivity contribution in [3.63, 3.8) is 0 Å². The van der Waals surface area contributed by atoms with E-state index < -0.39 is 5.91 Å². The molecule has 1 aliphatic heterocycles. The number of phenolic OH excluding ortho intramolecular Hbond substituents is 1. The number of nitrogens with zero attached hydrogens (tertiary/aromatic N) is 1. The summed E-state index contributed by atoms with van der Waals surface area (Å²) in [6.07, 6.45) is 1.54. The molecule has 2 amide bonds. The molecule has 0 aliphatic carbocycles. The molecular weight excluding hydrogens is 366 g/mol. The monoisotopic (exact) mass is 385 g/mol. The highest BCUT2D eigenvalue weighted by molar-refractivity contribution is 8.18. The van der Waals surface area contributed by atoms with Gasteiger partial charge in [0.05, 0.1) is 18.6 Å². The van der Waals surface area contributed by atoms with Gasteiger partial charge >= 0.3 is 0 Å². The van der Waals surface area contributed by atoms with Gasteiger partial charge in [-0.15, -0.1) is 0 Å². The van der Waals surface area contributed by atoms with Crippen LogP contribution in [0.2, 0.25) is 0 Å². The summed E-state index contributed by atoms with van der Waals surface area (Å²) in [5.74, 6) is 0.801. The molecule has 0 aromatic heterocycles. The zero-order valence-electron chi connectivity index (χ0n) is 15.0. The van der Waals surface area contributed by atoms with Crippen molar-refractivity contribution in [2.24, 2.45) is 0 Å². The second-order valence-corrected chi connectivity index (χ2v) is 6.89. The number of rotatable bonds is 6. The van der Waals surface area contributed by atoms with Crippen molar-refractivity contribution >= 4 is 29.0 Å². The van der Waals surface area contributed by atoms with Crippen molar-refractivity contribution in [1.82, 2.24) is 4.90 Å². The smallest absolute Gasteiger partial charge is 0.293 e. The molecule has 3 rings (SSSR count). The fraction of sp³-hybridized carbons (Fsp3) is 0.200.